The van der Waals surface area contributed by atoms with Gasteiger partial charge in [-0.2, -0.15) is 0 Å². The maximum absolute atomic E-state index is 11.8. The molecule has 7 N–H and O–H groups in total. The Bertz CT molecular complexity index is 692. The van der Waals surface area contributed by atoms with Crippen LogP contribution in [0.1, 0.15) is 5.69 Å². The molecule has 1 heterocycles. The highest BCUT2D eigenvalue weighted by molar-refractivity contribution is 5.90. The fourth-order valence-electron chi connectivity index (χ4n) is 2.18. The number of amides is 3. The molecule has 0 aliphatic rings. The van der Waals surface area contributed by atoms with Crippen LogP contribution < -0.4 is 22.1 Å². The Morgan fingerprint density at radius 1 is 1.17 bits per heavy atom. The molecule has 1 atom stereocenters. The second-order valence-corrected chi connectivity index (χ2v) is 5.09. The number of carbonyl (C=O) groups excluding carboxylic acids is 3. The summed E-state index contributed by atoms with van der Waals surface area (Å²) < 4.78 is 0. The zero-order chi connectivity index (χ0) is 16.8. The average Bonchev–Trinajstić information content (AvgIpc) is 2.94. The molecule has 0 aliphatic heterocycles. The number of primary amides is 1. The molecule has 8 heteroatoms. The van der Waals surface area contributed by atoms with Crippen LogP contribution in [-0.4, -0.2) is 41.8 Å². The van der Waals surface area contributed by atoms with Gasteiger partial charge in [-0.3, -0.25) is 14.4 Å². The van der Waals surface area contributed by atoms with Crippen LogP contribution in [0.25, 0.3) is 10.9 Å². The first-order valence-corrected chi connectivity index (χ1v) is 7.11. The largest absolute Gasteiger partial charge is 0.368 e. The number of para-hydroxylation sites is 1. The van der Waals surface area contributed by atoms with Gasteiger partial charge in [-0.25, -0.2) is 0 Å². The monoisotopic (exact) mass is 317 g/mol. The van der Waals surface area contributed by atoms with Gasteiger partial charge in [0.15, 0.2) is 0 Å². The van der Waals surface area contributed by atoms with Crippen LogP contribution in [-0.2, 0) is 20.8 Å². The third kappa shape index (κ3) is 4.55. The molecule has 1 aromatic carbocycles. The summed E-state index contributed by atoms with van der Waals surface area (Å²) in [6.45, 7) is -0.464. The van der Waals surface area contributed by atoms with E-state index in [0.717, 1.165) is 16.6 Å². The first-order chi connectivity index (χ1) is 11.0. The maximum atomic E-state index is 11.8. The zero-order valence-electron chi connectivity index (χ0n) is 12.5. The van der Waals surface area contributed by atoms with Gasteiger partial charge < -0.3 is 27.1 Å². The van der Waals surface area contributed by atoms with Crippen LogP contribution in [0.4, 0.5) is 0 Å². The van der Waals surface area contributed by atoms with Gasteiger partial charge in [-0.1, -0.05) is 18.2 Å². The molecule has 2 aromatic rings. The number of hydrogen-bond acceptors (Lipinski definition) is 4. The highest BCUT2D eigenvalue weighted by atomic mass is 16.2. The highest BCUT2D eigenvalue weighted by Gasteiger charge is 2.19. The van der Waals surface area contributed by atoms with E-state index in [2.05, 4.69) is 15.6 Å². The number of rotatable bonds is 7. The van der Waals surface area contributed by atoms with Gasteiger partial charge in [-0.05, 0) is 17.5 Å². The lowest BCUT2D eigenvalue weighted by Crippen LogP contribution is -2.49. The summed E-state index contributed by atoms with van der Waals surface area (Å²) in [7, 11) is 0. The SMILES string of the molecule is NCC(=O)NCC(=O)NC(Cc1cc2ccccc2[nH]1)C(N)=O. The summed E-state index contributed by atoms with van der Waals surface area (Å²) >= 11 is 0. The number of nitrogens with two attached hydrogens (primary N) is 2. The van der Waals surface area contributed by atoms with Crippen molar-refractivity contribution in [3.63, 3.8) is 0 Å². The molecule has 0 spiro atoms. The average molecular weight is 317 g/mol. The van der Waals surface area contributed by atoms with Crippen molar-refractivity contribution in [3.05, 3.63) is 36.0 Å². The molecule has 0 bridgehead atoms. The summed E-state index contributed by atoms with van der Waals surface area (Å²) in [6, 6.07) is 8.69. The normalized spacial score (nSPS) is 11.9. The lowest BCUT2D eigenvalue weighted by Gasteiger charge is -2.15. The van der Waals surface area contributed by atoms with Gasteiger partial charge in [0.25, 0.3) is 0 Å². The van der Waals surface area contributed by atoms with Gasteiger partial charge >= 0.3 is 0 Å². The number of hydrogen-bond donors (Lipinski definition) is 5. The van der Waals surface area contributed by atoms with E-state index in [4.69, 9.17) is 11.5 Å². The smallest absolute Gasteiger partial charge is 0.240 e. The topological polar surface area (TPSA) is 143 Å². The van der Waals surface area contributed by atoms with E-state index in [-0.39, 0.29) is 19.5 Å². The summed E-state index contributed by atoms with van der Waals surface area (Å²) in [6.07, 6.45) is 0.237. The van der Waals surface area contributed by atoms with Crippen LogP contribution in [0.3, 0.4) is 0 Å². The van der Waals surface area contributed by atoms with Crippen molar-refractivity contribution < 1.29 is 14.4 Å². The lowest BCUT2D eigenvalue weighted by molar-refractivity contribution is -0.128. The fraction of sp³-hybridized carbons (Fsp3) is 0.267. The molecule has 3 amide bonds. The minimum absolute atomic E-state index is 0.207. The molecule has 122 valence electrons. The van der Waals surface area contributed by atoms with Gasteiger partial charge in [0.1, 0.15) is 6.04 Å². The molecule has 0 saturated carbocycles. The van der Waals surface area contributed by atoms with Crippen LogP contribution in [0.2, 0.25) is 0 Å². The number of carbonyl (C=O) groups is 3. The highest BCUT2D eigenvalue weighted by Crippen LogP contribution is 2.15. The molecule has 8 nitrogen and oxygen atoms in total. The summed E-state index contributed by atoms with van der Waals surface area (Å²) in [5.74, 6) is -1.61. The standard InChI is InChI=1S/C15H19N5O3/c16-7-13(21)18-8-14(22)20-12(15(17)23)6-10-5-9-3-1-2-4-11(9)19-10/h1-5,12,19H,6-8,16H2,(H2,17,23)(H,18,21)(H,20,22). The number of benzene rings is 1. The van der Waals surface area contributed by atoms with Crippen LogP contribution >= 0.6 is 0 Å². The van der Waals surface area contributed by atoms with Gasteiger partial charge in [-0.15, -0.1) is 0 Å². The molecular weight excluding hydrogens is 298 g/mol. The van der Waals surface area contributed by atoms with E-state index in [1.807, 2.05) is 30.3 Å². The van der Waals surface area contributed by atoms with Crippen molar-refractivity contribution in [1.29, 1.82) is 0 Å². The van der Waals surface area contributed by atoms with Crippen LogP contribution in [0.5, 0.6) is 0 Å². The number of nitrogens with one attached hydrogen (secondary N) is 3. The fourth-order valence-corrected chi connectivity index (χ4v) is 2.18. The second kappa shape index (κ2) is 7.41. The minimum Gasteiger partial charge on any atom is -0.368 e. The Balaban J connectivity index is 1.99. The Morgan fingerprint density at radius 2 is 1.91 bits per heavy atom. The van der Waals surface area contributed by atoms with Crippen molar-refractivity contribution in [2.24, 2.45) is 11.5 Å². The number of fused-ring (bicyclic) bond motifs is 1. The quantitative estimate of drug-likeness (QED) is 0.435. The van der Waals surface area contributed by atoms with Crippen LogP contribution in [0.15, 0.2) is 30.3 Å². The Hall–Kier alpha value is -2.87. The van der Waals surface area contributed by atoms with Crippen molar-refractivity contribution in [2.75, 3.05) is 13.1 Å². The maximum Gasteiger partial charge on any atom is 0.240 e. The summed E-state index contributed by atoms with van der Waals surface area (Å²) in [4.78, 5) is 37.5. The van der Waals surface area contributed by atoms with Gasteiger partial charge in [0.2, 0.25) is 17.7 Å². The van der Waals surface area contributed by atoms with Gasteiger partial charge in [0.05, 0.1) is 13.1 Å². The van der Waals surface area contributed by atoms with Crippen molar-refractivity contribution >= 4 is 28.6 Å². The van der Waals surface area contributed by atoms with E-state index < -0.39 is 23.8 Å². The van der Waals surface area contributed by atoms with Crippen molar-refractivity contribution in [2.45, 2.75) is 12.5 Å². The minimum atomic E-state index is -0.870. The number of aromatic nitrogens is 1. The lowest BCUT2D eigenvalue weighted by atomic mass is 10.1. The van der Waals surface area contributed by atoms with E-state index >= 15 is 0 Å². The molecule has 0 fully saturated rings. The molecular formula is C15H19N5O3. The van der Waals surface area contributed by atoms with Gasteiger partial charge in [0, 0.05) is 17.6 Å². The Labute approximate surface area is 132 Å². The van der Waals surface area contributed by atoms with E-state index in [0.29, 0.717) is 0 Å². The Kier molecular flexibility index (Phi) is 5.32. The van der Waals surface area contributed by atoms with Crippen molar-refractivity contribution in [1.82, 2.24) is 15.6 Å². The van der Waals surface area contributed by atoms with E-state index in [1.54, 1.807) is 0 Å². The predicted molar refractivity (Wildman–Crippen MR) is 85.2 cm³/mol. The molecule has 1 aromatic heterocycles. The third-order valence-electron chi connectivity index (χ3n) is 3.32. The van der Waals surface area contributed by atoms with Crippen LogP contribution in [0, 0.1) is 0 Å². The molecule has 0 radical (unpaired) electrons. The Morgan fingerprint density at radius 3 is 2.57 bits per heavy atom. The van der Waals surface area contributed by atoms with E-state index in [9.17, 15) is 14.4 Å². The summed E-state index contributed by atoms with van der Waals surface area (Å²) in [5, 5.41) is 5.83. The van der Waals surface area contributed by atoms with Crippen molar-refractivity contribution in [3.8, 4) is 0 Å². The molecule has 0 saturated heterocycles. The summed E-state index contributed by atoms with van der Waals surface area (Å²) in [5.41, 5.74) is 12.2. The first-order valence-electron chi connectivity index (χ1n) is 7.11. The third-order valence-corrected chi connectivity index (χ3v) is 3.32. The molecule has 2 rings (SSSR count). The number of H-pyrrole nitrogens is 1. The van der Waals surface area contributed by atoms with E-state index in [1.165, 1.54) is 0 Å². The zero-order valence-corrected chi connectivity index (χ0v) is 12.5. The first kappa shape index (κ1) is 16.5. The number of aromatic amines is 1. The molecule has 23 heavy (non-hydrogen) atoms. The second-order valence-electron chi connectivity index (χ2n) is 5.09. The molecule has 1 unspecified atom stereocenters. The molecule has 0 aliphatic carbocycles. The predicted octanol–water partition coefficient (Wildman–Crippen LogP) is -1.24.